The number of para-hydroxylation sites is 1. The van der Waals surface area contributed by atoms with Crippen molar-refractivity contribution in [2.45, 2.75) is 31.8 Å². The van der Waals surface area contributed by atoms with Crippen molar-refractivity contribution in [3.8, 4) is 5.75 Å². The molecular weight excluding hydrogens is 242 g/mol. The molecule has 19 heavy (non-hydrogen) atoms. The van der Waals surface area contributed by atoms with Gasteiger partial charge < -0.3 is 15.0 Å². The molecule has 0 amide bonds. The number of piperidine rings is 1. The van der Waals surface area contributed by atoms with Crippen molar-refractivity contribution in [1.29, 1.82) is 0 Å². The van der Waals surface area contributed by atoms with E-state index >= 15 is 0 Å². The fourth-order valence-electron chi connectivity index (χ4n) is 2.96. The number of nitrogens with one attached hydrogen (secondary N) is 1. The molecule has 1 aliphatic rings. The second kappa shape index (κ2) is 4.74. The van der Waals surface area contributed by atoms with Crippen LogP contribution >= 0.6 is 0 Å². The van der Waals surface area contributed by atoms with Crippen LogP contribution in [-0.4, -0.2) is 39.2 Å². The third kappa shape index (κ3) is 2.14. The molecule has 0 radical (unpaired) electrons. The molecule has 1 atom stereocenters. The van der Waals surface area contributed by atoms with E-state index in [0.717, 1.165) is 13.0 Å². The van der Waals surface area contributed by atoms with Crippen molar-refractivity contribution >= 4 is 11.0 Å². The fraction of sp³-hybridized carbons (Fsp3) is 0.500. The van der Waals surface area contributed by atoms with E-state index in [1.165, 1.54) is 12.8 Å². The lowest BCUT2D eigenvalue weighted by molar-refractivity contribution is 0.167. The van der Waals surface area contributed by atoms with Gasteiger partial charge in [0.25, 0.3) is 0 Å². The Kier molecular flexibility index (Phi) is 3.06. The highest BCUT2D eigenvalue weighted by molar-refractivity contribution is 5.81. The molecule has 0 saturated carbocycles. The van der Waals surface area contributed by atoms with Crippen molar-refractivity contribution in [2.24, 2.45) is 0 Å². The predicted molar refractivity (Wildman–Crippen MR) is 74.5 cm³/mol. The summed E-state index contributed by atoms with van der Waals surface area (Å²) in [7, 11) is 2.10. The maximum atomic E-state index is 12.0. The minimum atomic E-state index is -0.143. The van der Waals surface area contributed by atoms with Gasteiger partial charge in [0.05, 0.1) is 5.52 Å². The number of H-pyrrole nitrogens is 1. The molecule has 1 unspecified atom stereocenters. The molecule has 5 nitrogen and oxygen atoms in total. The third-order valence-corrected chi connectivity index (χ3v) is 4.09. The summed E-state index contributed by atoms with van der Waals surface area (Å²) >= 11 is 0. The second-order valence-electron chi connectivity index (χ2n) is 5.34. The van der Waals surface area contributed by atoms with Crippen molar-refractivity contribution in [3.63, 3.8) is 0 Å². The Morgan fingerprint density at radius 1 is 1.42 bits per heavy atom. The Labute approximate surface area is 111 Å². The molecule has 2 heterocycles. The summed E-state index contributed by atoms with van der Waals surface area (Å²) in [6, 6.07) is 5.55. The molecule has 0 bridgehead atoms. The summed E-state index contributed by atoms with van der Waals surface area (Å²) in [4.78, 5) is 17.2. The zero-order valence-electron chi connectivity index (χ0n) is 11.1. The maximum Gasteiger partial charge on any atom is 0.326 e. The summed E-state index contributed by atoms with van der Waals surface area (Å²) < 4.78 is 1.66. The summed E-state index contributed by atoms with van der Waals surface area (Å²) in [5.41, 5.74) is 1.17. The Bertz CT molecular complexity index is 644. The SMILES string of the molecule is CN1CCCCC1Cn1c(=O)[nH]c2cccc(O)c21. The molecular formula is C14H19N3O2. The molecule has 1 aromatic heterocycles. The molecule has 1 fully saturated rings. The molecule has 1 aliphatic heterocycles. The van der Waals surface area contributed by atoms with Crippen LogP contribution in [0.2, 0.25) is 0 Å². The van der Waals surface area contributed by atoms with Gasteiger partial charge in [-0.25, -0.2) is 4.79 Å². The first-order valence-corrected chi connectivity index (χ1v) is 6.77. The number of aromatic amines is 1. The molecule has 3 rings (SSSR count). The molecule has 2 N–H and O–H groups in total. The van der Waals surface area contributed by atoms with Crippen LogP contribution in [0.1, 0.15) is 19.3 Å². The number of benzene rings is 1. The van der Waals surface area contributed by atoms with E-state index < -0.39 is 0 Å². The molecule has 5 heteroatoms. The normalized spacial score (nSPS) is 21.0. The first-order chi connectivity index (χ1) is 9.16. The molecule has 2 aromatic rings. The van der Waals surface area contributed by atoms with Gasteiger partial charge in [-0.05, 0) is 38.6 Å². The third-order valence-electron chi connectivity index (χ3n) is 4.09. The smallest absolute Gasteiger partial charge is 0.326 e. The Morgan fingerprint density at radius 3 is 3.05 bits per heavy atom. The Hall–Kier alpha value is -1.75. The average molecular weight is 261 g/mol. The second-order valence-corrected chi connectivity index (χ2v) is 5.34. The molecule has 102 valence electrons. The highest BCUT2D eigenvalue weighted by Gasteiger charge is 2.21. The number of aromatic hydroxyl groups is 1. The van der Waals surface area contributed by atoms with Crippen molar-refractivity contribution in [2.75, 3.05) is 13.6 Å². The standard InChI is InChI=1S/C14H19N3O2/c1-16-8-3-2-5-10(16)9-17-13-11(15-14(17)19)6-4-7-12(13)18/h4,6-7,10,18H,2-3,5,8-9H2,1H3,(H,15,19). The number of rotatable bonds is 2. The number of phenolic OH excluding ortho intramolecular Hbond substituents is 1. The lowest BCUT2D eigenvalue weighted by Gasteiger charge is -2.32. The minimum Gasteiger partial charge on any atom is -0.506 e. The van der Waals surface area contributed by atoms with Crippen LogP contribution in [0.15, 0.2) is 23.0 Å². The Morgan fingerprint density at radius 2 is 2.26 bits per heavy atom. The van der Waals surface area contributed by atoms with Crippen LogP contribution in [0, 0.1) is 0 Å². The first-order valence-electron chi connectivity index (χ1n) is 6.77. The number of likely N-dealkylation sites (tertiary alicyclic amines) is 1. The quantitative estimate of drug-likeness (QED) is 0.861. The number of fused-ring (bicyclic) bond motifs is 1. The molecule has 1 saturated heterocycles. The number of likely N-dealkylation sites (N-methyl/N-ethyl adjacent to an activating group) is 1. The summed E-state index contributed by atoms with van der Waals surface area (Å²) in [6.45, 7) is 1.71. The van der Waals surface area contributed by atoms with Gasteiger partial charge in [-0.2, -0.15) is 0 Å². The van der Waals surface area contributed by atoms with Gasteiger partial charge in [-0.15, -0.1) is 0 Å². The summed E-state index contributed by atoms with van der Waals surface area (Å²) in [5, 5.41) is 9.97. The van der Waals surface area contributed by atoms with E-state index in [-0.39, 0.29) is 11.4 Å². The summed E-state index contributed by atoms with van der Waals surface area (Å²) in [5.74, 6) is 0.161. The van der Waals surface area contributed by atoms with E-state index in [4.69, 9.17) is 0 Å². The van der Waals surface area contributed by atoms with Gasteiger partial charge in [0.15, 0.2) is 0 Å². The lowest BCUT2D eigenvalue weighted by Crippen LogP contribution is -2.40. The number of hydrogen-bond acceptors (Lipinski definition) is 3. The van der Waals surface area contributed by atoms with E-state index in [0.29, 0.717) is 23.6 Å². The van der Waals surface area contributed by atoms with Crippen molar-refractivity contribution < 1.29 is 5.11 Å². The van der Waals surface area contributed by atoms with Crippen LogP contribution in [0.4, 0.5) is 0 Å². The highest BCUT2D eigenvalue weighted by Crippen LogP contribution is 2.23. The number of aromatic nitrogens is 2. The van der Waals surface area contributed by atoms with Gasteiger partial charge in [-0.3, -0.25) is 4.57 Å². The van der Waals surface area contributed by atoms with Crippen LogP contribution in [0.25, 0.3) is 11.0 Å². The zero-order valence-corrected chi connectivity index (χ0v) is 11.1. The van der Waals surface area contributed by atoms with Crippen LogP contribution in [-0.2, 0) is 6.54 Å². The number of hydrogen-bond donors (Lipinski definition) is 2. The average Bonchev–Trinajstić information content (AvgIpc) is 2.70. The van der Waals surface area contributed by atoms with Gasteiger partial charge >= 0.3 is 5.69 Å². The number of phenols is 1. The van der Waals surface area contributed by atoms with Crippen LogP contribution < -0.4 is 5.69 Å². The first kappa shape index (κ1) is 12.3. The number of imidazole rings is 1. The van der Waals surface area contributed by atoms with Gasteiger partial charge in [0.1, 0.15) is 11.3 Å². The van der Waals surface area contributed by atoms with E-state index in [9.17, 15) is 9.90 Å². The monoisotopic (exact) mass is 261 g/mol. The Balaban J connectivity index is 2.00. The molecule has 1 aromatic carbocycles. The van der Waals surface area contributed by atoms with Gasteiger partial charge in [0.2, 0.25) is 0 Å². The molecule has 0 spiro atoms. The van der Waals surface area contributed by atoms with Crippen LogP contribution in [0.5, 0.6) is 5.75 Å². The van der Waals surface area contributed by atoms with Gasteiger partial charge in [-0.1, -0.05) is 12.5 Å². The van der Waals surface area contributed by atoms with Crippen molar-refractivity contribution in [3.05, 3.63) is 28.7 Å². The van der Waals surface area contributed by atoms with Crippen LogP contribution in [0.3, 0.4) is 0 Å². The highest BCUT2D eigenvalue weighted by atomic mass is 16.3. The molecule has 0 aliphatic carbocycles. The van der Waals surface area contributed by atoms with E-state index in [1.54, 1.807) is 16.7 Å². The van der Waals surface area contributed by atoms with E-state index in [2.05, 4.69) is 16.9 Å². The zero-order chi connectivity index (χ0) is 13.4. The minimum absolute atomic E-state index is 0.143. The maximum absolute atomic E-state index is 12.0. The van der Waals surface area contributed by atoms with Gasteiger partial charge in [0, 0.05) is 12.6 Å². The van der Waals surface area contributed by atoms with E-state index in [1.807, 2.05) is 6.07 Å². The summed E-state index contributed by atoms with van der Waals surface area (Å²) in [6.07, 6.45) is 3.53. The predicted octanol–water partition coefficient (Wildman–Crippen LogP) is 1.52. The van der Waals surface area contributed by atoms with Crippen molar-refractivity contribution in [1.82, 2.24) is 14.5 Å². The largest absolute Gasteiger partial charge is 0.506 e. The number of nitrogens with zero attached hydrogens (tertiary/aromatic N) is 2. The fourth-order valence-corrected chi connectivity index (χ4v) is 2.96. The topological polar surface area (TPSA) is 61.3 Å². The lowest BCUT2D eigenvalue weighted by atomic mass is 10.0.